The zero-order valence-electron chi connectivity index (χ0n) is 21.6. The number of Topliss-reactive ketones (excluding diaryl/α,β-unsaturated/α-hetero) is 1. The maximum absolute atomic E-state index is 13.5. The molecule has 1 atom stereocenters. The molecule has 4 aromatic rings. The first kappa shape index (κ1) is 28.5. The van der Waals surface area contributed by atoms with E-state index in [2.05, 4.69) is 0 Å². The molecule has 1 heterocycles. The first-order valence-electron chi connectivity index (χ1n) is 12.2. The van der Waals surface area contributed by atoms with Gasteiger partial charge in [-0.05, 0) is 36.4 Å². The molecular formula is C30H18Cl2N2O8. The van der Waals surface area contributed by atoms with Crippen molar-refractivity contribution < 1.29 is 33.6 Å². The van der Waals surface area contributed by atoms with Crippen LogP contribution in [0.4, 0.5) is 11.4 Å². The van der Waals surface area contributed by atoms with Crippen LogP contribution < -0.4 is 9.64 Å². The summed E-state index contributed by atoms with van der Waals surface area (Å²) < 4.78 is 11.0. The fourth-order valence-corrected chi connectivity index (χ4v) is 4.89. The van der Waals surface area contributed by atoms with Crippen molar-refractivity contribution in [1.29, 1.82) is 0 Å². The van der Waals surface area contributed by atoms with Crippen LogP contribution in [0.1, 0.15) is 53.1 Å². The number of nitro groups is 1. The molecule has 0 fully saturated rings. The Hall–Kier alpha value is -5.06. The van der Waals surface area contributed by atoms with Gasteiger partial charge in [-0.25, -0.2) is 9.69 Å². The maximum Gasteiger partial charge on any atom is 0.343 e. The summed E-state index contributed by atoms with van der Waals surface area (Å²) in [6.07, 6.45) is -1.35. The van der Waals surface area contributed by atoms with Gasteiger partial charge in [0.25, 0.3) is 17.5 Å². The number of benzene rings is 4. The van der Waals surface area contributed by atoms with Gasteiger partial charge in [-0.1, -0.05) is 59.6 Å². The molecule has 1 aliphatic heterocycles. The molecule has 4 aromatic carbocycles. The average Bonchev–Trinajstić information content (AvgIpc) is 3.25. The molecule has 0 bridgehead atoms. The number of ketones is 1. The lowest BCUT2D eigenvalue weighted by Crippen LogP contribution is -2.30. The number of imide groups is 1. The zero-order valence-corrected chi connectivity index (χ0v) is 23.1. The third-order valence-corrected chi connectivity index (χ3v) is 7.07. The van der Waals surface area contributed by atoms with E-state index in [0.29, 0.717) is 15.5 Å². The number of nitro benzene ring substituents is 1. The molecule has 12 heteroatoms. The predicted octanol–water partition coefficient (Wildman–Crippen LogP) is 6.49. The summed E-state index contributed by atoms with van der Waals surface area (Å²) in [6, 6.07) is 20.4. The van der Waals surface area contributed by atoms with Crippen molar-refractivity contribution in [3.05, 3.63) is 133 Å². The van der Waals surface area contributed by atoms with E-state index in [1.807, 2.05) is 0 Å². The van der Waals surface area contributed by atoms with Crippen LogP contribution in [0, 0.1) is 10.1 Å². The van der Waals surface area contributed by atoms with Gasteiger partial charge in [0.2, 0.25) is 5.78 Å². The van der Waals surface area contributed by atoms with Crippen LogP contribution >= 0.6 is 23.2 Å². The van der Waals surface area contributed by atoms with Crippen LogP contribution in [0.2, 0.25) is 10.0 Å². The monoisotopic (exact) mass is 604 g/mol. The fraction of sp³-hybridized carbons (Fsp3) is 0.0667. The molecule has 5 rings (SSSR count). The highest BCUT2D eigenvalue weighted by Crippen LogP contribution is 2.40. The number of methoxy groups -OCH3 is 1. The van der Waals surface area contributed by atoms with Crippen molar-refractivity contribution in [1.82, 2.24) is 0 Å². The number of halogens is 2. The van der Waals surface area contributed by atoms with Gasteiger partial charge in [-0.2, -0.15) is 0 Å². The van der Waals surface area contributed by atoms with Gasteiger partial charge in [0.05, 0.1) is 28.3 Å². The number of fused-ring (bicyclic) bond motifs is 1. The molecule has 2 amide bonds. The van der Waals surface area contributed by atoms with Crippen molar-refractivity contribution in [2.75, 3.05) is 12.0 Å². The SMILES string of the molecule is COc1cc(N2C(=O)c3cccc([N+](=O)[O-])c3C2=O)c(Cl)cc1C(=O)O[C@H](C(=O)c1ccc(Cl)cc1)c1ccccc1. The van der Waals surface area contributed by atoms with Crippen LogP contribution in [0.5, 0.6) is 5.75 Å². The molecule has 1 aliphatic rings. The molecule has 0 unspecified atom stereocenters. The standard InChI is InChI=1S/C30H18Cl2N2O8/c1-41-24-15-23(33-28(36)19-8-5-9-22(34(39)40)25(19)29(33)37)21(32)14-20(24)30(38)42-27(17-6-3-2-4-7-17)26(35)16-10-12-18(31)13-11-16/h2-15,27H,1H3/t27-/m0/s1. The van der Waals surface area contributed by atoms with E-state index >= 15 is 0 Å². The van der Waals surface area contributed by atoms with E-state index in [0.717, 1.165) is 12.1 Å². The number of rotatable bonds is 8. The topological polar surface area (TPSA) is 133 Å². The summed E-state index contributed by atoms with van der Waals surface area (Å²) in [7, 11) is 1.24. The number of nitrogens with zero attached hydrogens (tertiary/aromatic N) is 2. The Kier molecular flexibility index (Phi) is 7.75. The minimum atomic E-state index is -1.35. The largest absolute Gasteiger partial charge is 0.496 e. The molecule has 210 valence electrons. The minimum absolute atomic E-state index is 0.129. The summed E-state index contributed by atoms with van der Waals surface area (Å²) in [4.78, 5) is 64.6. The Morgan fingerprint density at radius 1 is 0.905 bits per heavy atom. The second-order valence-electron chi connectivity index (χ2n) is 8.97. The quantitative estimate of drug-likeness (QED) is 0.0732. The van der Waals surface area contributed by atoms with Crippen molar-refractivity contribution in [3.8, 4) is 5.75 Å². The maximum atomic E-state index is 13.5. The number of hydrogen-bond acceptors (Lipinski definition) is 8. The van der Waals surface area contributed by atoms with Crippen LogP contribution in [0.25, 0.3) is 0 Å². The lowest BCUT2D eigenvalue weighted by Gasteiger charge is -2.20. The van der Waals surface area contributed by atoms with Gasteiger partial charge in [0.1, 0.15) is 16.9 Å². The molecule has 0 aliphatic carbocycles. The molecule has 10 nitrogen and oxygen atoms in total. The summed E-state index contributed by atoms with van der Waals surface area (Å²) in [5, 5.41) is 11.7. The second-order valence-corrected chi connectivity index (χ2v) is 9.82. The van der Waals surface area contributed by atoms with Gasteiger partial charge < -0.3 is 9.47 Å². The van der Waals surface area contributed by atoms with Gasteiger partial charge in [-0.15, -0.1) is 0 Å². The van der Waals surface area contributed by atoms with E-state index in [1.54, 1.807) is 30.3 Å². The molecular weight excluding hydrogens is 587 g/mol. The Morgan fingerprint density at radius 3 is 2.24 bits per heavy atom. The Labute approximate surface area is 248 Å². The highest BCUT2D eigenvalue weighted by atomic mass is 35.5. The number of carbonyl (C=O) groups excluding carboxylic acids is 4. The van der Waals surface area contributed by atoms with E-state index in [9.17, 15) is 29.3 Å². The highest BCUT2D eigenvalue weighted by molar-refractivity contribution is 6.40. The third-order valence-electron chi connectivity index (χ3n) is 6.51. The molecule has 0 aromatic heterocycles. The van der Waals surface area contributed by atoms with Crippen molar-refractivity contribution in [2.24, 2.45) is 0 Å². The van der Waals surface area contributed by atoms with Gasteiger partial charge in [0.15, 0.2) is 6.10 Å². The molecule has 0 N–H and O–H groups in total. The molecule has 0 saturated carbocycles. The number of hydrogen-bond donors (Lipinski definition) is 0. The Morgan fingerprint density at radius 2 is 1.60 bits per heavy atom. The highest BCUT2D eigenvalue weighted by Gasteiger charge is 2.43. The lowest BCUT2D eigenvalue weighted by molar-refractivity contribution is -0.385. The predicted molar refractivity (Wildman–Crippen MR) is 153 cm³/mol. The van der Waals surface area contributed by atoms with E-state index in [4.69, 9.17) is 32.7 Å². The van der Waals surface area contributed by atoms with Crippen molar-refractivity contribution in [2.45, 2.75) is 6.10 Å². The summed E-state index contributed by atoms with van der Waals surface area (Å²) in [5.74, 6) is -3.42. The number of esters is 1. The molecule has 0 spiro atoms. The average molecular weight is 605 g/mol. The second kappa shape index (κ2) is 11.4. The Balaban J connectivity index is 1.50. The van der Waals surface area contributed by atoms with Crippen molar-refractivity contribution >= 4 is 58.1 Å². The number of carbonyl (C=O) groups is 4. The lowest BCUT2D eigenvalue weighted by atomic mass is 9.99. The van der Waals surface area contributed by atoms with Crippen LogP contribution in [-0.2, 0) is 4.74 Å². The minimum Gasteiger partial charge on any atom is -0.496 e. The number of ether oxygens (including phenoxy) is 2. The van der Waals surface area contributed by atoms with Gasteiger partial charge >= 0.3 is 5.97 Å². The van der Waals surface area contributed by atoms with Crippen molar-refractivity contribution in [3.63, 3.8) is 0 Å². The zero-order chi connectivity index (χ0) is 30.1. The van der Waals surface area contributed by atoms with Gasteiger partial charge in [0, 0.05) is 28.3 Å². The Bertz CT molecular complexity index is 1770. The number of amides is 2. The first-order chi connectivity index (χ1) is 20.1. The van der Waals surface area contributed by atoms with E-state index in [-0.39, 0.29) is 38.7 Å². The smallest absolute Gasteiger partial charge is 0.343 e. The van der Waals surface area contributed by atoms with E-state index in [1.165, 1.54) is 49.6 Å². The fourth-order valence-electron chi connectivity index (χ4n) is 4.52. The number of anilines is 1. The molecule has 0 saturated heterocycles. The molecule has 0 radical (unpaired) electrons. The summed E-state index contributed by atoms with van der Waals surface area (Å²) in [5.41, 5.74) is -0.784. The molecule has 42 heavy (non-hydrogen) atoms. The third kappa shape index (κ3) is 5.09. The van der Waals surface area contributed by atoms with Gasteiger partial charge in [-0.3, -0.25) is 24.5 Å². The van der Waals surface area contributed by atoms with E-state index < -0.39 is 40.3 Å². The first-order valence-corrected chi connectivity index (χ1v) is 13.0. The summed E-state index contributed by atoms with van der Waals surface area (Å²) >= 11 is 12.4. The normalized spacial score (nSPS) is 13.0. The summed E-state index contributed by atoms with van der Waals surface area (Å²) in [6.45, 7) is 0. The van der Waals surface area contributed by atoms with Crippen LogP contribution in [0.3, 0.4) is 0 Å². The van der Waals surface area contributed by atoms with Crippen LogP contribution in [0.15, 0.2) is 84.9 Å². The van der Waals surface area contributed by atoms with Crippen LogP contribution in [-0.4, -0.2) is 35.6 Å².